The fourth-order valence-corrected chi connectivity index (χ4v) is 3.64. The largest absolute Gasteiger partial charge is 0.480 e. The van der Waals surface area contributed by atoms with Gasteiger partial charge in [-0.2, -0.15) is 11.8 Å². The molecular weight excluding hydrogens is 252 g/mol. The summed E-state index contributed by atoms with van der Waals surface area (Å²) in [6.07, 6.45) is 4.33. The maximum absolute atomic E-state index is 11.8. The molecule has 102 valence electrons. The first-order chi connectivity index (χ1) is 8.57. The minimum atomic E-state index is -0.990. The molecule has 0 heterocycles. The fraction of sp³-hybridized carbons (Fsp3) is 0.833. The molecule has 2 saturated carbocycles. The highest BCUT2D eigenvalue weighted by Crippen LogP contribution is 2.35. The van der Waals surface area contributed by atoms with Crippen LogP contribution >= 0.6 is 11.8 Å². The van der Waals surface area contributed by atoms with Crippen LogP contribution in [0.5, 0.6) is 0 Å². The summed E-state index contributed by atoms with van der Waals surface area (Å²) in [5, 5.41) is 15.0. The van der Waals surface area contributed by atoms with Crippen LogP contribution in [-0.4, -0.2) is 39.7 Å². The number of nitrogens with one attached hydrogen (secondary N) is 2. The molecule has 2 fully saturated rings. The van der Waals surface area contributed by atoms with Crippen LogP contribution < -0.4 is 10.6 Å². The molecule has 3 N–H and O–H groups in total. The van der Waals surface area contributed by atoms with Gasteiger partial charge in [-0.1, -0.05) is 13.3 Å². The molecule has 2 amide bonds. The zero-order valence-corrected chi connectivity index (χ0v) is 11.4. The number of carboxylic acids is 1. The highest BCUT2D eigenvalue weighted by atomic mass is 32.2. The number of carbonyl (C=O) groups is 2. The molecule has 2 aliphatic rings. The van der Waals surface area contributed by atoms with Crippen molar-refractivity contribution in [3.63, 3.8) is 0 Å². The summed E-state index contributed by atoms with van der Waals surface area (Å²) in [4.78, 5) is 22.8. The van der Waals surface area contributed by atoms with Gasteiger partial charge in [-0.3, -0.25) is 0 Å². The Labute approximate surface area is 111 Å². The van der Waals surface area contributed by atoms with Crippen molar-refractivity contribution in [2.45, 2.75) is 55.9 Å². The second-order valence-corrected chi connectivity index (χ2v) is 6.53. The molecule has 0 spiro atoms. The maximum atomic E-state index is 11.8. The van der Waals surface area contributed by atoms with Gasteiger partial charge in [0.25, 0.3) is 0 Å². The van der Waals surface area contributed by atoms with Gasteiger partial charge in [-0.05, 0) is 31.4 Å². The van der Waals surface area contributed by atoms with Crippen LogP contribution in [0.2, 0.25) is 0 Å². The lowest BCUT2D eigenvalue weighted by Gasteiger charge is -2.22. The summed E-state index contributed by atoms with van der Waals surface area (Å²) in [7, 11) is 0. The maximum Gasteiger partial charge on any atom is 0.329 e. The van der Waals surface area contributed by atoms with Crippen molar-refractivity contribution in [3.8, 4) is 0 Å². The van der Waals surface area contributed by atoms with Crippen molar-refractivity contribution in [2.24, 2.45) is 0 Å². The molecule has 0 radical (unpaired) electrons. The number of thioether (sulfide) groups is 1. The highest BCUT2D eigenvalue weighted by Gasteiger charge is 2.52. The second-order valence-electron chi connectivity index (χ2n) is 5.02. The van der Waals surface area contributed by atoms with E-state index in [1.54, 1.807) is 0 Å². The number of carbonyl (C=O) groups excluding carboxylic acids is 1. The van der Waals surface area contributed by atoms with E-state index in [9.17, 15) is 9.59 Å². The van der Waals surface area contributed by atoms with E-state index in [-0.39, 0.29) is 12.1 Å². The Balaban J connectivity index is 1.82. The Morgan fingerprint density at radius 2 is 2.11 bits per heavy atom. The van der Waals surface area contributed by atoms with Crippen molar-refractivity contribution in [3.05, 3.63) is 0 Å². The normalized spacial score (nSPS) is 28.7. The molecule has 18 heavy (non-hydrogen) atoms. The van der Waals surface area contributed by atoms with Gasteiger partial charge in [0.15, 0.2) is 0 Å². The van der Waals surface area contributed by atoms with E-state index in [0.29, 0.717) is 18.1 Å². The first-order valence-electron chi connectivity index (χ1n) is 6.51. The lowest BCUT2D eigenvalue weighted by atomic mass is 10.2. The fourth-order valence-electron chi connectivity index (χ4n) is 2.44. The van der Waals surface area contributed by atoms with E-state index in [1.165, 1.54) is 0 Å². The van der Waals surface area contributed by atoms with Crippen LogP contribution in [0.4, 0.5) is 4.79 Å². The Bertz CT molecular complexity index is 344. The van der Waals surface area contributed by atoms with E-state index < -0.39 is 11.5 Å². The predicted octanol–water partition coefficient (Wildman–Crippen LogP) is 1.58. The third-order valence-electron chi connectivity index (χ3n) is 3.66. The smallest absolute Gasteiger partial charge is 0.329 e. The third kappa shape index (κ3) is 2.91. The van der Waals surface area contributed by atoms with Gasteiger partial charge in [0.1, 0.15) is 5.54 Å². The zero-order chi connectivity index (χ0) is 13.2. The average molecular weight is 272 g/mol. The lowest BCUT2D eigenvalue weighted by Crippen LogP contribution is -2.51. The number of urea groups is 1. The molecule has 0 aromatic heterocycles. The Kier molecular flexibility index (Phi) is 4.04. The third-order valence-corrected chi connectivity index (χ3v) is 4.99. The topological polar surface area (TPSA) is 78.4 Å². The van der Waals surface area contributed by atoms with Gasteiger partial charge < -0.3 is 15.7 Å². The quantitative estimate of drug-likeness (QED) is 0.710. The van der Waals surface area contributed by atoms with Gasteiger partial charge in [-0.25, -0.2) is 9.59 Å². The van der Waals surface area contributed by atoms with Crippen molar-refractivity contribution < 1.29 is 14.7 Å². The van der Waals surface area contributed by atoms with Gasteiger partial charge in [-0.15, -0.1) is 0 Å². The van der Waals surface area contributed by atoms with Crippen LogP contribution in [0.3, 0.4) is 0 Å². The van der Waals surface area contributed by atoms with Crippen LogP contribution in [-0.2, 0) is 4.79 Å². The van der Waals surface area contributed by atoms with Crippen molar-refractivity contribution in [2.75, 3.05) is 5.75 Å². The Morgan fingerprint density at radius 3 is 2.67 bits per heavy atom. The SMILES string of the molecule is CCSC1CCCC1NC(=O)NC1(C(=O)O)CC1. The first kappa shape index (κ1) is 13.5. The number of amides is 2. The van der Waals surface area contributed by atoms with Crippen LogP contribution in [0, 0.1) is 0 Å². The van der Waals surface area contributed by atoms with Gasteiger partial charge in [0, 0.05) is 11.3 Å². The number of aliphatic carboxylic acids is 1. The summed E-state index contributed by atoms with van der Waals surface area (Å²) in [5.41, 5.74) is -0.990. The molecule has 0 aromatic carbocycles. The molecule has 2 aliphatic carbocycles. The summed E-state index contributed by atoms with van der Waals surface area (Å²) in [5.74, 6) is 0.118. The zero-order valence-electron chi connectivity index (χ0n) is 10.6. The molecule has 2 atom stereocenters. The van der Waals surface area contributed by atoms with E-state index in [1.807, 2.05) is 11.8 Å². The van der Waals surface area contributed by atoms with E-state index >= 15 is 0 Å². The van der Waals surface area contributed by atoms with E-state index in [2.05, 4.69) is 17.6 Å². The molecular formula is C12H20N2O3S. The molecule has 0 aliphatic heterocycles. The predicted molar refractivity (Wildman–Crippen MR) is 70.8 cm³/mol. The molecule has 0 saturated heterocycles. The van der Waals surface area contributed by atoms with Crippen LogP contribution in [0.25, 0.3) is 0 Å². The second kappa shape index (κ2) is 5.38. The first-order valence-corrected chi connectivity index (χ1v) is 7.56. The van der Waals surface area contributed by atoms with E-state index in [4.69, 9.17) is 5.11 Å². The van der Waals surface area contributed by atoms with Crippen LogP contribution in [0.15, 0.2) is 0 Å². The molecule has 6 heteroatoms. The minimum absolute atomic E-state index is 0.180. The average Bonchev–Trinajstić information content (AvgIpc) is 2.96. The monoisotopic (exact) mass is 272 g/mol. The van der Waals surface area contributed by atoms with Crippen LogP contribution in [0.1, 0.15) is 39.0 Å². The highest BCUT2D eigenvalue weighted by molar-refractivity contribution is 7.99. The molecule has 0 aromatic rings. The number of rotatable bonds is 5. The summed E-state index contributed by atoms with van der Waals surface area (Å²) < 4.78 is 0. The van der Waals surface area contributed by atoms with Crippen molar-refractivity contribution in [1.29, 1.82) is 0 Å². The Hall–Kier alpha value is -0.910. The van der Waals surface area contributed by atoms with Gasteiger partial charge in [0.2, 0.25) is 0 Å². The lowest BCUT2D eigenvalue weighted by molar-refractivity contribution is -0.140. The number of hydrogen-bond acceptors (Lipinski definition) is 3. The number of hydrogen-bond donors (Lipinski definition) is 3. The molecule has 2 rings (SSSR count). The molecule has 2 unspecified atom stereocenters. The number of carboxylic acid groups (broad SMARTS) is 1. The Morgan fingerprint density at radius 1 is 1.39 bits per heavy atom. The standard InChI is InChI=1S/C12H20N2O3S/c1-2-18-9-5-3-4-8(9)13-11(17)14-12(6-7-12)10(15)16/h8-9H,2-7H2,1H3,(H,15,16)(H2,13,14,17). The van der Waals surface area contributed by atoms with Crippen molar-refractivity contribution >= 4 is 23.8 Å². The molecule has 0 bridgehead atoms. The van der Waals surface area contributed by atoms with Gasteiger partial charge >= 0.3 is 12.0 Å². The summed E-state index contributed by atoms with van der Waals surface area (Å²) in [6.45, 7) is 2.11. The van der Waals surface area contributed by atoms with Gasteiger partial charge in [0.05, 0.1) is 0 Å². The summed E-state index contributed by atoms with van der Waals surface area (Å²) >= 11 is 1.87. The summed E-state index contributed by atoms with van der Waals surface area (Å²) in [6, 6.07) is -0.150. The molecule has 5 nitrogen and oxygen atoms in total. The van der Waals surface area contributed by atoms with E-state index in [0.717, 1.165) is 25.0 Å². The van der Waals surface area contributed by atoms with Crippen molar-refractivity contribution in [1.82, 2.24) is 10.6 Å². The minimum Gasteiger partial charge on any atom is -0.480 e.